The normalized spacial score (nSPS) is 20.2. The summed E-state index contributed by atoms with van der Waals surface area (Å²) < 4.78 is 26.4. The standard InChI is InChI=1S/C20H27N7O2S/c1-4-16(30(3,22)28)15-10-17(27-8-9-29-11-12(27)2)25-19(23-15)13-6-5-7-14-18(13)26-20(21)24-14/h5-7,10,12,16,22H,4,8-9,11H2,1-3H3,(H3,21,24,26)/t12-,16?,30-/m1/s1. The number of nitrogens with two attached hydrogens (primary N) is 1. The topological polar surface area (TPSA) is 134 Å². The van der Waals surface area contributed by atoms with E-state index in [-0.39, 0.29) is 6.04 Å². The molecule has 0 amide bonds. The molecule has 1 fully saturated rings. The number of hydrogen-bond acceptors (Lipinski definition) is 8. The summed E-state index contributed by atoms with van der Waals surface area (Å²) in [7, 11) is -2.84. The summed E-state index contributed by atoms with van der Waals surface area (Å²) in [5.74, 6) is 1.55. The first-order chi connectivity index (χ1) is 14.3. The van der Waals surface area contributed by atoms with E-state index >= 15 is 0 Å². The fraction of sp³-hybridized carbons (Fsp3) is 0.450. The Hall–Kier alpha value is -2.72. The van der Waals surface area contributed by atoms with E-state index in [1.807, 2.05) is 31.2 Å². The summed E-state index contributed by atoms with van der Waals surface area (Å²) in [6.45, 7) is 5.94. The Bertz CT molecular complexity index is 1180. The number of nitrogen functional groups attached to an aromatic ring is 1. The molecule has 1 aromatic carbocycles. The van der Waals surface area contributed by atoms with Gasteiger partial charge < -0.3 is 20.4 Å². The number of anilines is 2. The molecule has 0 spiro atoms. The van der Waals surface area contributed by atoms with Crippen LogP contribution < -0.4 is 10.6 Å². The van der Waals surface area contributed by atoms with Gasteiger partial charge in [0.2, 0.25) is 0 Å². The van der Waals surface area contributed by atoms with Crippen LogP contribution in [0.15, 0.2) is 24.3 Å². The number of aromatic nitrogens is 4. The molecule has 1 aliphatic rings. The van der Waals surface area contributed by atoms with Gasteiger partial charge >= 0.3 is 0 Å². The number of para-hydroxylation sites is 1. The molecule has 1 aliphatic heterocycles. The molecule has 0 radical (unpaired) electrons. The van der Waals surface area contributed by atoms with Gasteiger partial charge in [-0.3, -0.25) is 4.78 Å². The van der Waals surface area contributed by atoms with Crippen molar-refractivity contribution in [3.63, 3.8) is 0 Å². The maximum absolute atomic E-state index is 12.7. The summed E-state index contributed by atoms with van der Waals surface area (Å²) in [5, 5.41) is -0.488. The molecule has 4 N–H and O–H groups in total. The van der Waals surface area contributed by atoms with Gasteiger partial charge in [0, 0.05) is 34.2 Å². The Morgan fingerprint density at radius 1 is 1.40 bits per heavy atom. The molecular weight excluding hydrogens is 402 g/mol. The molecule has 1 unspecified atom stereocenters. The highest BCUT2D eigenvalue weighted by Gasteiger charge is 2.26. The third kappa shape index (κ3) is 3.84. The second-order valence-electron chi connectivity index (χ2n) is 7.72. The van der Waals surface area contributed by atoms with Crippen molar-refractivity contribution in [2.24, 2.45) is 0 Å². The van der Waals surface area contributed by atoms with E-state index in [0.717, 1.165) is 16.9 Å². The Morgan fingerprint density at radius 3 is 2.90 bits per heavy atom. The number of benzene rings is 1. The van der Waals surface area contributed by atoms with Crippen molar-refractivity contribution in [2.45, 2.75) is 31.6 Å². The predicted octanol–water partition coefficient (Wildman–Crippen LogP) is 2.95. The molecule has 1 saturated heterocycles. The maximum Gasteiger partial charge on any atom is 0.198 e. The quantitative estimate of drug-likeness (QED) is 0.567. The number of hydrogen-bond donors (Lipinski definition) is 3. The molecule has 2 aromatic heterocycles. The van der Waals surface area contributed by atoms with Crippen LogP contribution in [-0.2, 0) is 14.5 Å². The lowest BCUT2D eigenvalue weighted by Crippen LogP contribution is -2.44. The zero-order valence-corrected chi connectivity index (χ0v) is 18.2. The molecule has 3 heterocycles. The number of nitrogens with one attached hydrogen (secondary N) is 2. The zero-order chi connectivity index (χ0) is 21.5. The van der Waals surface area contributed by atoms with Gasteiger partial charge in [-0.25, -0.2) is 19.2 Å². The van der Waals surface area contributed by atoms with Crippen molar-refractivity contribution in [2.75, 3.05) is 36.6 Å². The van der Waals surface area contributed by atoms with E-state index < -0.39 is 15.0 Å². The van der Waals surface area contributed by atoms with Crippen LogP contribution in [0.4, 0.5) is 11.8 Å². The first kappa shape index (κ1) is 20.5. The summed E-state index contributed by atoms with van der Waals surface area (Å²) in [6.07, 6.45) is 2.02. The summed E-state index contributed by atoms with van der Waals surface area (Å²) in [5.41, 5.74) is 8.70. The molecule has 4 rings (SSSR count). The number of morpholine rings is 1. The number of H-pyrrole nitrogens is 1. The van der Waals surface area contributed by atoms with Crippen molar-refractivity contribution >= 4 is 32.5 Å². The lowest BCUT2D eigenvalue weighted by atomic mass is 10.1. The van der Waals surface area contributed by atoms with Crippen molar-refractivity contribution in [3.05, 3.63) is 30.0 Å². The molecule has 160 valence electrons. The molecule has 0 aliphatic carbocycles. The minimum atomic E-state index is -2.84. The van der Waals surface area contributed by atoms with E-state index in [9.17, 15) is 4.21 Å². The fourth-order valence-electron chi connectivity index (χ4n) is 3.94. The third-order valence-corrected chi connectivity index (χ3v) is 7.07. The van der Waals surface area contributed by atoms with Gasteiger partial charge in [0.15, 0.2) is 11.8 Å². The fourth-order valence-corrected chi connectivity index (χ4v) is 5.16. The van der Waals surface area contributed by atoms with Gasteiger partial charge in [0.1, 0.15) is 11.3 Å². The predicted molar refractivity (Wildman–Crippen MR) is 119 cm³/mol. The van der Waals surface area contributed by atoms with E-state index in [1.165, 1.54) is 6.26 Å². The van der Waals surface area contributed by atoms with E-state index in [2.05, 4.69) is 21.8 Å². The van der Waals surface area contributed by atoms with Crippen molar-refractivity contribution in [1.29, 1.82) is 4.78 Å². The number of rotatable bonds is 5. The molecule has 0 saturated carbocycles. The van der Waals surface area contributed by atoms with E-state index in [1.54, 1.807) is 0 Å². The number of ether oxygens (including phenoxy) is 1. The maximum atomic E-state index is 12.7. The van der Waals surface area contributed by atoms with Crippen LogP contribution in [0, 0.1) is 4.78 Å². The van der Waals surface area contributed by atoms with Crippen LogP contribution in [0.25, 0.3) is 22.4 Å². The highest BCUT2D eigenvalue weighted by molar-refractivity contribution is 7.91. The number of fused-ring (bicyclic) bond motifs is 1. The Labute approximate surface area is 176 Å². The summed E-state index contributed by atoms with van der Waals surface area (Å²) in [4.78, 5) is 19.2. The average Bonchev–Trinajstić information content (AvgIpc) is 3.07. The molecule has 3 aromatic rings. The molecule has 10 heteroatoms. The van der Waals surface area contributed by atoms with Crippen LogP contribution in [0.5, 0.6) is 0 Å². The second kappa shape index (κ2) is 7.84. The minimum absolute atomic E-state index is 0.147. The average molecular weight is 430 g/mol. The molecule has 30 heavy (non-hydrogen) atoms. The van der Waals surface area contributed by atoms with Crippen molar-refractivity contribution < 1.29 is 8.95 Å². The van der Waals surface area contributed by atoms with Gasteiger partial charge in [-0.15, -0.1) is 0 Å². The van der Waals surface area contributed by atoms with Crippen LogP contribution in [0.1, 0.15) is 31.2 Å². The Kier molecular flexibility index (Phi) is 5.37. The summed E-state index contributed by atoms with van der Waals surface area (Å²) in [6, 6.07) is 7.71. The highest BCUT2D eigenvalue weighted by Crippen LogP contribution is 2.32. The molecule has 0 bridgehead atoms. The zero-order valence-electron chi connectivity index (χ0n) is 17.4. The van der Waals surface area contributed by atoms with E-state index in [4.69, 9.17) is 25.2 Å². The second-order valence-corrected chi connectivity index (χ2v) is 10.1. The minimum Gasteiger partial charge on any atom is -0.377 e. The monoisotopic (exact) mass is 429 g/mol. The van der Waals surface area contributed by atoms with Crippen molar-refractivity contribution in [1.82, 2.24) is 19.9 Å². The molecular formula is C20H27N7O2S. The summed E-state index contributed by atoms with van der Waals surface area (Å²) >= 11 is 0. The largest absolute Gasteiger partial charge is 0.377 e. The third-order valence-electron chi connectivity index (χ3n) is 5.41. The van der Waals surface area contributed by atoms with Gasteiger partial charge in [-0.2, -0.15) is 0 Å². The molecule has 9 nitrogen and oxygen atoms in total. The van der Waals surface area contributed by atoms with Gasteiger partial charge in [-0.05, 0) is 25.5 Å². The smallest absolute Gasteiger partial charge is 0.198 e. The SMILES string of the molecule is CCC(c1cc(N2CCOC[C@H]2C)nc(-c2cccc3[nH]c(N)nc23)n1)[S@](C)(=N)=O. The first-order valence-electron chi connectivity index (χ1n) is 9.98. The highest BCUT2D eigenvalue weighted by atomic mass is 32.2. The van der Waals surface area contributed by atoms with Crippen LogP contribution in [-0.4, -0.2) is 56.2 Å². The van der Waals surface area contributed by atoms with Crippen LogP contribution in [0.3, 0.4) is 0 Å². The number of aromatic amines is 1. The Balaban J connectivity index is 1.93. The van der Waals surface area contributed by atoms with E-state index in [0.29, 0.717) is 49.2 Å². The van der Waals surface area contributed by atoms with Gasteiger partial charge in [0.05, 0.1) is 35.7 Å². The van der Waals surface area contributed by atoms with Crippen LogP contribution >= 0.6 is 0 Å². The number of imidazole rings is 1. The van der Waals surface area contributed by atoms with Crippen LogP contribution in [0.2, 0.25) is 0 Å². The lowest BCUT2D eigenvalue weighted by molar-refractivity contribution is 0.0985. The number of nitrogens with zero attached hydrogens (tertiary/aromatic N) is 4. The first-order valence-corrected chi connectivity index (χ1v) is 12.0. The van der Waals surface area contributed by atoms with Gasteiger partial charge in [0.25, 0.3) is 0 Å². The van der Waals surface area contributed by atoms with Crippen molar-refractivity contribution in [3.8, 4) is 11.4 Å². The molecule has 3 atom stereocenters. The van der Waals surface area contributed by atoms with Gasteiger partial charge in [-0.1, -0.05) is 13.0 Å². The lowest BCUT2D eigenvalue weighted by Gasteiger charge is -2.34. The Morgan fingerprint density at radius 2 is 2.20 bits per heavy atom.